The standard InChI is InChI=1S/C18H17N3O4/c1-23-15-6-5-12(8-16(15)24-2)9-17(22)20-18-10-14(21-25-18)13-4-3-7-19-11-13/h3-8,10-11H,9H2,1-2H3,(H,20,22). The molecular formula is C18H17N3O4. The van der Waals surface area contributed by atoms with Crippen molar-refractivity contribution in [1.29, 1.82) is 0 Å². The minimum absolute atomic E-state index is 0.170. The van der Waals surface area contributed by atoms with E-state index in [0.717, 1.165) is 11.1 Å². The molecule has 0 aliphatic rings. The topological polar surface area (TPSA) is 86.5 Å². The second kappa shape index (κ2) is 7.48. The lowest BCUT2D eigenvalue weighted by Gasteiger charge is -2.09. The minimum Gasteiger partial charge on any atom is -0.493 e. The van der Waals surface area contributed by atoms with Crippen LogP contribution in [0.4, 0.5) is 5.88 Å². The zero-order chi connectivity index (χ0) is 17.6. The van der Waals surface area contributed by atoms with Crippen LogP contribution in [0, 0.1) is 0 Å². The second-order valence-electron chi connectivity index (χ2n) is 5.23. The highest BCUT2D eigenvalue weighted by molar-refractivity contribution is 5.91. The molecule has 3 rings (SSSR count). The van der Waals surface area contributed by atoms with Crippen LogP contribution in [-0.4, -0.2) is 30.3 Å². The van der Waals surface area contributed by atoms with Gasteiger partial charge in [0.15, 0.2) is 11.5 Å². The normalized spacial score (nSPS) is 10.3. The van der Waals surface area contributed by atoms with E-state index < -0.39 is 0 Å². The number of anilines is 1. The number of rotatable bonds is 6. The van der Waals surface area contributed by atoms with E-state index >= 15 is 0 Å². The lowest BCUT2D eigenvalue weighted by molar-refractivity contribution is -0.115. The average Bonchev–Trinajstić information content (AvgIpc) is 3.10. The van der Waals surface area contributed by atoms with Crippen LogP contribution >= 0.6 is 0 Å². The number of hydrogen-bond acceptors (Lipinski definition) is 6. The third-order valence-electron chi connectivity index (χ3n) is 3.54. The van der Waals surface area contributed by atoms with E-state index in [9.17, 15) is 4.79 Å². The number of aromatic nitrogens is 2. The molecule has 1 N–H and O–H groups in total. The summed E-state index contributed by atoms with van der Waals surface area (Å²) in [6.07, 6.45) is 3.52. The molecular weight excluding hydrogens is 322 g/mol. The van der Waals surface area contributed by atoms with Crippen molar-refractivity contribution in [1.82, 2.24) is 10.1 Å². The van der Waals surface area contributed by atoms with Gasteiger partial charge in [0.2, 0.25) is 11.8 Å². The number of benzene rings is 1. The maximum absolute atomic E-state index is 12.2. The Bertz CT molecular complexity index is 862. The summed E-state index contributed by atoms with van der Waals surface area (Å²) in [5.74, 6) is 1.25. The van der Waals surface area contributed by atoms with Gasteiger partial charge in [-0.2, -0.15) is 0 Å². The van der Waals surface area contributed by atoms with Crippen molar-refractivity contribution in [2.75, 3.05) is 19.5 Å². The zero-order valence-corrected chi connectivity index (χ0v) is 13.9. The van der Waals surface area contributed by atoms with Gasteiger partial charge in [0.25, 0.3) is 0 Å². The van der Waals surface area contributed by atoms with E-state index in [1.807, 2.05) is 12.1 Å². The summed E-state index contributed by atoms with van der Waals surface area (Å²) in [5.41, 5.74) is 2.21. The molecule has 2 heterocycles. The summed E-state index contributed by atoms with van der Waals surface area (Å²) in [6.45, 7) is 0. The number of carbonyl (C=O) groups is 1. The van der Waals surface area contributed by atoms with Gasteiger partial charge in [0.1, 0.15) is 5.69 Å². The molecule has 0 atom stereocenters. The fraction of sp³-hybridized carbons (Fsp3) is 0.167. The largest absolute Gasteiger partial charge is 0.493 e. The van der Waals surface area contributed by atoms with Gasteiger partial charge >= 0.3 is 0 Å². The van der Waals surface area contributed by atoms with Gasteiger partial charge in [-0.15, -0.1) is 0 Å². The Balaban J connectivity index is 1.66. The summed E-state index contributed by atoms with van der Waals surface area (Å²) < 4.78 is 15.6. The van der Waals surface area contributed by atoms with Gasteiger partial charge in [-0.1, -0.05) is 11.2 Å². The van der Waals surface area contributed by atoms with Crippen LogP contribution in [0.25, 0.3) is 11.3 Å². The van der Waals surface area contributed by atoms with E-state index in [-0.39, 0.29) is 18.2 Å². The number of carbonyl (C=O) groups excluding carboxylic acids is 1. The molecule has 7 nitrogen and oxygen atoms in total. The van der Waals surface area contributed by atoms with Crippen molar-refractivity contribution in [3.05, 3.63) is 54.4 Å². The Hall–Kier alpha value is -3.35. The van der Waals surface area contributed by atoms with Gasteiger partial charge in [-0.05, 0) is 29.8 Å². The van der Waals surface area contributed by atoms with E-state index in [1.54, 1.807) is 50.9 Å². The molecule has 2 aromatic heterocycles. The molecule has 0 aliphatic heterocycles. The summed E-state index contributed by atoms with van der Waals surface area (Å²) in [4.78, 5) is 16.2. The number of pyridine rings is 1. The second-order valence-corrected chi connectivity index (χ2v) is 5.23. The zero-order valence-electron chi connectivity index (χ0n) is 13.9. The van der Waals surface area contributed by atoms with Crippen LogP contribution in [0.1, 0.15) is 5.56 Å². The number of nitrogens with one attached hydrogen (secondary N) is 1. The number of methoxy groups -OCH3 is 2. The summed E-state index contributed by atoms with van der Waals surface area (Å²) in [5, 5.41) is 6.62. The molecule has 0 fully saturated rings. The fourth-order valence-corrected chi connectivity index (χ4v) is 2.34. The molecule has 0 bridgehead atoms. The predicted octanol–water partition coefficient (Wildman–Crippen LogP) is 2.94. The highest BCUT2D eigenvalue weighted by atomic mass is 16.5. The van der Waals surface area contributed by atoms with Crippen LogP contribution in [0.3, 0.4) is 0 Å². The smallest absolute Gasteiger partial charge is 0.231 e. The molecule has 25 heavy (non-hydrogen) atoms. The van der Waals surface area contributed by atoms with Crippen molar-refractivity contribution in [2.24, 2.45) is 0 Å². The fourth-order valence-electron chi connectivity index (χ4n) is 2.34. The molecule has 0 spiro atoms. The highest BCUT2D eigenvalue weighted by Gasteiger charge is 2.12. The molecule has 0 saturated heterocycles. The third-order valence-corrected chi connectivity index (χ3v) is 3.54. The van der Waals surface area contributed by atoms with E-state index in [4.69, 9.17) is 14.0 Å². The lowest BCUT2D eigenvalue weighted by Crippen LogP contribution is -2.14. The lowest BCUT2D eigenvalue weighted by atomic mass is 10.1. The molecule has 0 radical (unpaired) electrons. The van der Waals surface area contributed by atoms with Crippen molar-refractivity contribution in [2.45, 2.75) is 6.42 Å². The molecule has 1 amide bonds. The Kier molecular flexibility index (Phi) is 4.94. The maximum atomic E-state index is 12.2. The third kappa shape index (κ3) is 3.95. The Morgan fingerprint density at radius 2 is 2.00 bits per heavy atom. The SMILES string of the molecule is COc1ccc(CC(=O)Nc2cc(-c3cccnc3)no2)cc1OC. The Morgan fingerprint density at radius 1 is 1.16 bits per heavy atom. The first kappa shape index (κ1) is 16.5. The predicted molar refractivity (Wildman–Crippen MR) is 91.6 cm³/mol. The minimum atomic E-state index is -0.221. The van der Waals surface area contributed by atoms with E-state index in [2.05, 4.69) is 15.5 Å². The van der Waals surface area contributed by atoms with E-state index in [1.165, 1.54) is 0 Å². The summed E-state index contributed by atoms with van der Waals surface area (Å²) in [7, 11) is 3.12. The van der Waals surface area contributed by atoms with Gasteiger partial charge in [-0.25, -0.2) is 0 Å². The van der Waals surface area contributed by atoms with Gasteiger partial charge in [0.05, 0.1) is 20.6 Å². The van der Waals surface area contributed by atoms with Crippen molar-refractivity contribution in [3.63, 3.8) is 0 Å². The first-order chi connectivity index (χ1) is 12.2. The van der Waals surface area contributed by atoms with Crippen LogP contribution in [0.15, 0.2) is 53.3 Å². The van der Waals surface area contributed by atoms with Crippen molar-refractivity contribution < 1.29 is 18.8 Å². The average molecular weight is 339 g/mol. The quantitative estimate of drug-likeness (QED) is 0.743. The number of nitrogens with zero attached hydrogens (tertiary/aromatic N) is 2. The number of amides is 1. The molecule has 1 aromatic carbocycles. The van der Waals surface area contributed by atoms with Gasteiger partial charge < -0.3 is 14.0 Å². The first-order valence-corrected chi connectivity index (χ1v) is 7.57. The van der Waals surface area contributed by atoms with E-state index in [0.29, 0.717) is 17.2 Å². The molecule has 0 aliphatic carbocycles. The first-order valence-electron chi connectivity index (χ1n) is 7.57. The maximum Gasteiger partial charge on any atom is 0.231 e. The Labute approximate surface area is 144 Å². The molecule has 0 saturated carbocycles. The van der Waals surface area contributed by atoms with Gasteiger partial charge in [-0.3, -0.25) is 15.1 Å². The number of ether oxygens (including phenoxy) is 2. The van der Waals surface area contributed by atoms with Crippen LogP contribution < -0.4 is 14.8 Å². The molecule has 0 unspecified atom stereocenters. The monoisotopic (exact) mass is 339 g/mol. The van der Waals surface area contributed by atoms with Crippen molar-refractivity contribution >= 4 is 11.8 Å². The van der Waals surface area contributed by atoms with Crippen molar-refractivity contribution in [3.8, 4) is 22.8 Å². The van der Waals surface area contributed by atoms with Crippen LogP contribution in [0.2, 0.25) is 0 Å². The number of hydrogen-bond donors (Lipinski definition) is 1. The highest BCUT2D eigenvalue weighted by Crippen LogP contribution is 2.28. The Morgan fingerprint density at radius 3 is 2.72 bits per heavy atom. The van der Waals surface area contributed by atoms with Crippen LogP contribution in [0.5, 0.6) is 11.5 Å². The summed E-state index contributed by atoms with van der Waals surface area (Å²) >= 11 is 0. The molecule has 128 valence electrons. The molecule has 7 heteroatoms. The van der Waals surface area contributed by atoms with Gasteiger partial charge in [0, 0.05) is 24.0 Å². The summed E-state index contributed by atoms with van der Waals surface area (Å²) in [6, 6.07) is 10.7. The van der Waals surface area contributed by atoms with Crippen LogP contribution in [-0.2, 0) is 11.2 Å². The molecule has 3 aromatic rings.